The summed E-state index contributed by atoms with van der Waals surface area (Å²) < 4.78 is 26.1. The van der Waals surface area contributed by atoms with Gasteiger partial charge in [0.25, 0.3) is 0 Å². The number of fused-ring (bicyclic) bond motifs is 1. The Morgan fingerprint density at radius 2 is 1.88 bits per heavy atom. The fourth-order valence-electron chi connectivity index (χ4n) is 3.52. The van der Waals surface area contributed by atoms with Gasteiger partial charge < -0.3 is 14.0 Å². The van der Waals surface area contributed by atoms with E-state index in [2.05, 4.69) is 4.98 Å². The highest BCUT2D eigenvalue weighted by atomic mass is 32.1. The minimum Gasteiger partial charge on any atom is -0.461 e. The molecule has 174 valence electrons. The van der Waals surface area contributed by atoms with E-state index >= 15 is 0 Å². The number of carbonyl (C=O) groups excluding carboxylic acids is 2. The highest BCUT2D eigenvalue weighted by molar-refractivity contribution is 7.13. The number of esters is 1. The first kappa shape index (κ1) is 22.9. The third kappa shape index (κ3) is 4.90. The molecule has 1 aromatic carbocycles. The molecule has 0 spiro atoms. The lowest BCUT2D eigenvalue weighted by Crippen LogP contribution is -2.41. The van der Waals surface area contributed by atoms with Crippen LogP contribution in [0.2, 0.25) is 0 Å². The lowest BCUT2D eigenvalue weighted by atomic mass is 10.1. The van der Waals surface area contributed by atoms with E-state index in [1.54, 1.807) is 29.3 Å². The first-order chi connectivity index (χ1) is 15.7. The van der Waals surface area contributed by atoms with Crippen LogP contribution in [-0.2, 0) is 22.6 Å². The molecule has 0 atom stereocenters. The second-order valence-electron chi connectivity index (χ2n) is 8.54. The van der Waals surface area contributed by atoms with E-state index in [0.29, 0.717) is 35.2 Å². The summed E-state index contributed by atoms with van der Waals surface area (Å²) in [5.41, 5.74) is 1.68. The topological polar surface area (TPSA) is 86.6 Å². The summed E-state index contributed by atoms with van der Waals surface area (Å²) in [6.45, 7) is 8.64. The lowest BCUT2D eigenvalue weighted by Gasteiger charge is -2.30. The minimum absolute atomic E-state index is 0.226. The van der Waals surface area contributed by atoms with E-state index in [1.165, 1.54) is 23.5 Å². The van der Waals surface area contributed by atoms with Gasteiger partial charge in [0.2, 0.25) is 0 Å². The van der Waals surface area contributed by atoms with Gasteiger partial charge in [-0.2, -0.15) is 0 Å². The molecule has 0 saturated carbocycles. The predicted octanol–water partition coefficient (Wildman–Crippen LogP) is 4.74. The van der Waals surface area contributed by atoms with Crippen LogP contribution in [0, 0.1) is 5.82 Å². The molecule has 1 aliphatic heterocycles. The molecular formula is C23H25FN4O4S. The Balaban J connectivity index is 1.74. The Hall–Kier alpha value is -3.27. The van der Waals surface area contributed by atoms with Gasteiger partial charge in [-0.15, -0.1) is 11.3 Å². The zero-order chi connectivity index (χ0) is 23.8. The van der Waals surface area contributed by atoms with Crippen molar-refractivity contribution in [1.82, 2.24) is 19.4 Å². The van der Waals surface area contributed by atoms with Gasteiger partial charge in [-0.25, -0.2) is 23.9 Å². The van der Waals surface area contributed by atoms with Crippen LogP contribution in [0.15, 0.2) is 29.6 Å². The summed E-state index contributed by atoms with van der Waals surface area (Å²) >= 11 is 1.31. The van der Waals surface area contributed by atoms with Gasteiger partial charge in [0.05, 0.1) is 18.8 Å². The first-order valence-corrected chi connectivity index (χ1v) is 11.5. The first-order valence-electron chi connectivity index (χ1n) is 10.6. The summed E-state index contributed by atoms with van der Waals surface area (Å²) in [7, 11) is 0. The highest BCUT2D eigenvalue weighted by Gasteiger charge is 2.31. The number of rotatable bonds is 4. The molecule has 4 rings (SSSR count). The van der Waals surface area contributed by atoms with Crippen LogP contribution >= 0.6 is 11.3 Å². The van der Waals surface area contributed by atoms with E-state index in [4.69, 9.17) is 14.5 Å². The molecule has 0 saturated heterocycles. The van der Waals surface area contributed by atoms with Crippen LogP contribution in [0.3, 0.4) is 0 Å². The molecule has 1 amide bonds. The van der Waals surface area contributed by atoms with Crippen molar-refractivity contribution >= 4 is 23.4 Å². The number of carbonyl (C=O) groups is 2. The molecule has 3 heterocycles. The Labute approximate surface area is 195 Å². The third-order valence-corrected chi connectivity index (χ3v) is 5.78. The van der Waals surface area contributed by atoms with Gasteiger partial charge in [0, 0.05) is 24.0 Å². The smallest absolute Gasteiger partial charge is 0.410 e. The Morgan fingerprint density at radius 1 is 1.15 bits per heavy atom. The predicted molar refractivity (Wildman–Crippen MR) is 121 cm³/mol. The summed E-state index contributed by atoms with van der Waals surface area (Å²) in [5.74, 6) is -0.175. The number of hydrogen-bond donors (Lipinski definition) is 0. The number of imidazole rings is 1. The summed E-state index contributed by atoms with van der Waals surface area (Å²) in [5, 5.41) is 2.25. The molecule has 3 aromatic rings. The number of hydrogen-bond acceptors (Lipinski definition) is 7. The van der Waals surface area contributed by atoms with E-state index < -0.39 is 17.7 Å². The third-order valence-electron chi connectivity index (χ3n) is 4.93. The number of thiazole rings is 1. The van der Waals surface area contributed by atoms with Gasteiger partial charge in [-0.1, -0.05) is 0 Å². The number of ether oxygens (including phenoxy) is 2. The van der Waals surface area contributed by atoms with Crippen LogP contribution in [0.5, 0.6) is 0 Å². The van der Waals surface area contributed by atoms with E-state index in [-0.39, 0.29) is 24.7 Å². The number of halogens is 1. The van der Waals surface area contributed by atoms with Crippen molar-refractivity contribution in [1.29, 1.82) is 0 Å². The van der Waals surface area contributed by atoms with Crippen molar-refractivity contribution in [2.24, 2.45) is 0 Å². The average Bonchev–Trinajstić information content (AvgIpc) is 3.37. The van der Waals surface area contributed by atoms with Crippen molar-refractivity contribution in [2.75, 3.05) is 13.2 Å². The molecule has 8 nitrogen and oxygen atoms in total. The summed E-state index contributed by atoms with van der Waals surface area (Å²) in [6.07, 6.45) is -0.402. The lowest BCUT2D eigenvalue weighted by molar-refractivity contribution is 0.0195. The average molecular weight is 473 g/mol. The molecule has 0 unspecified atom stereocenters. The molecule has 0 N–H and O–H groups in total. The van der Waals surface area contributed by atoms with Crippen molar-refractivity contribution in [3.8, 4) is 22.0 Å². The van der Waals surface area contributed by atoms with E-state index in [0.717, 1.165) is 5.69 Å². The maximum absolute atomic E-state index is 13.5. The molecule has 1 aliphatic rings. The zero-order valence-corrected chi connectivity index (χ0v) is 19.7. The summed E-state index contributed by atoms with van der Waals surface area (Å²) in [4.78, 5) is 35.6. The Bertz CT molecular complexity index is 1180. The second kappa shape index (κ2) is 8.93. The van der Waals surface area contributed by atoms with Crippen LogP contribution < -0.4 is 0 Å². The van der Waals surface area contributed by atoms with Crippen LogP contribution in [0.25, 0.3) is 22.0 Å². The van der Waals surface area contributed by atoms with Gasteiger partial charge in [-0.05, 0) is 52.0 Å². The largest absolute Gasteiger partial charge is 0.461 e. The van der Waals surface area contributed by atoms with Crippen molar-refractivity contribution in [3.63, 3.8) is 0 Å². The highest BCUT2D eigenvalue weighted by Crippen LogP contribution is 2.36. The zero-order valence-electron chi connectivity index (χ0n) is 18.9. The Kier molecular flexibility index (Phi) is 6.20. The summed E-state index contributed by atoms with van der Waals surface area (Å²) in [6, 6.07) is 6.05. The minimum atomic E-state index is -0.598. The second-order valence-corrected chi connectivity index (χ2v) is 9.40. The fourth-order valence-corrected chi connectivity index (χ4v) is 4.36. The SMILES string of the molecule is CCOC(=O)c1csc(-c2c(-c3ccc(F)cc3)nc3n2CCN(C(=O)OC(C)(C)C)C3)n1. The van der Waals surface area contributed by atoms with Crippen LogP contribution in [0.1, 0.15) is 44.0 Å². The molecule has 33 heavy (non-hydrogen) atoms. The molecule has 0 bridgehead atoms. The van der Waals surface area contributed by atoms with Gasteiger partial charge in [0.1, 0.15) is 27.9 Å². The van der Waals surface area contributed by atoms with Crippen molar-refractivity contribution < 1.29 is 23.5 Å². The Morgan fingerprint density at radius 3 is 2.55 bits per heavy atom. The van der Waals surface area contributed by atoms with Gasteiger partial charge in [-0.3, -0.25) is 4.90 Å². The molecule has 0 radical (unpaired) electrons. The fraction of sp³-hybridized carbons (Fsp3) is 0.391. The van der Waals surface area contributed by atoms with Crippen LogP contribution in [0.4, 0.5) is 9.18 Å². The number of benzene rings is 1. The van der Waals surface area contributed by atoms with Crippen molar-refractivity contribution in [2.45, 2.75) is 46.4 Å². The molecule has 0 aliphatic carbocycles. The maximum atomic E-state index is 13.5. The van der Waals surface area contributed by atoms with Gasteiger partial charge in [0.15, 0.2) is 5.69 Å². The molecule has 0 fully saturated rings. The molecular weight excluding hydrogens is 447 g/mol. The quantitative estimate of drug-likeness (QED) is 0.510. The molecule has 10 heteroatoms. The monoisotopic (exact) mass is 472 g/mol. The van der Waals surface area contributed by atoms with E-state index in [1.807, 2.05) is 25.3 Å². The standard InChI is InChI=1S/C23H25FN4O4S/c1-5-31-21(29)16-13-33-20(25-16)19-18(14-6-8-15(24)9-7-14)26-17-12-27(10-11-28(17)19)22(30)32-23(2,3)4/h6-9,13H,5,10-12H2,1-4H3. The number of nitrogens with zero attached hydrogens (tertiary/aromatic N) is 4. The van der Waals surface area contributed by atoms with Crippen LogP contribution in [-0.4, -0.2) is 50.3 Å². The molecule has 2 aromatic heterocycles. The van der Waals surface area contributed by atoms with Gasteiger partial charge >= 0.3 is 12.1 Å². The number of aromatic nitrogens is 3. The van der Waals surface area contributed by atoms with Crippen molar-refractivity contribution in [3.05, 3.63) is 47.0 Å². The van der Waals surface area contributed by atoms with E-state index in [9.17, 15) is 14.0 Å². The maximum Gasteiger partial charge on any atom is 0.410 e. The normalized spacial score (nSPS) is 13.5. The number of amides is 1.